The molecule has 0 aliphatic rings. The van der Waals surface area contributed by atoms with E-state index in [1.807, 2.05) is 0 Å². The predicted octanol–water partition coefficient (Wildman–Crippen LogP) is 15.4. The molecule has 0 saturated heterocycles. The first-order chi connectivity index (χ1) is 28.6. The van der Waals surface area contributed by atoms with Gasteiger partial charge in [-0.2, -0.15) is 0 Å². The van der Waals surface area contributed by atoms with Crippen LogP contribution in [0.5, 0.6) is 0 Å². The largest absolute Gasteiger partial charge is 0.462 e. The van der Waals surface area contributed by atoms with Gasteiger partial charge in [0.15, 0.2) is 6.10 Å². The van der Waals surface area contributed by atoms with E-state index in [1.54, 1.807) is 0 Å². The molecule has 0 aliphatic carbocycles. The summed E-state index contributed by atoms with van der Waals surface area (Å²) in [5.41, 5.74) is 0. The molecular formula is C53H86O5. The lowest BCUT2D eigenvalue weighted by molar-refractivity contribution is -0.161. The van der Waals surface area contributed by atoms with Gasteiger partial charge in [0.1, 0.15) is 6.61 Å². The van der Waals surface area contributed by atoms with E-state index < -0.39 is 6.10 Å². The minimum Gasteiger partial charge on any atom is -0.462 e. The summed E-state index contributed by atoms with van der Waals surface area (Å²) >= 11 is 0. The Hall–Kier alpha value is -3.44. The van der Waals surface area contributed by atoms with Gasteiger partial charge in [0, 0.05) is 12.8 Å². The van der Waals surface area contributed by atoms with Crippen LogP contribution in [0.4, 0.5) is 0 Å². The number of carbonyl (C=O) groups is 2. The van der Waals surface area contributed by atoms with Crippen molar-refractivity contribution in [2.45, 2.75) is 200 Å². The molecule has 1 unspecified atom stereocenters. The van der Waals surface area contributed by atoms with Crippen molar-refractivity contribution in [2.24, 2.45) is 0 Å². The van der Waals surface area contributed by atoms with Gasteiger partial charge in [0.25, 0.3) is 0 Å². The maximum Gasteiger partial charge on any atom is 0.306 e. The second kappa shape index (κ2) is 47.9. The van der Waals surface area contributed by atoms with Crippen molar-refractivity contribution in [1.82, 2.24) is 0 Å². The molecule has 0 aromatic rings. The van der Waals surface area contributed by atoms with Gasteiger partial charge in [0.2, 0.25) is 0 Å². The van der Waals surface area contributed by atoms with Gasteiger partial charge < -0.3 is 14.6 Å². The van der Waals surface area contributed by atoms with Gasteiger partial charge in [0.05, 0.1) is 6.61 Å². The van der Waals surface area contributed by atoms with Crippen LogP contribution in [0.25, 0.3) is 0 Å². The number of aliphatic hydroxyl groups is 1. The van der Waals surface area contributed by atoms with E-state index in [2.05, 4.69) is 123 Å². The van der Waals surface area contributed by atoms with Crippen molar-refractivity contribution in [1.29, 1.82) is 0 Å². The molecule has 5 nitrogen and oxygen atoms in total. The Bertz CT molecular complexity index is 1180. The van der Waals surface area contributed by atoms with Crippen LogP contribution in [0.15, 0.2) is 109 Å². The Labute approximate surface area is 357 Å². The molecule has 5 heteroatoms. The third-order valence-corrected chi connectivity index (χ3v) is 9.56. The van der Waals surface area contributed by atoms with Gasteiger partial charge >= 0.3 is 11.9 Å². The smallest absolute Gasteiger partial charge is 0.306 e. The molecule has 0 radical (unpaired) electrons. The lowest BCUT2D eigenvalue weighted by atomic mass is 10.0. The van der Waals surface area contributed by atoms with Crippen LogP contribution >= 0.6 is 0 Å². The maximum absolute atomic E-state index is 12.2. The molecule has 0 aromatic heterocycles. The van der Waals surface area contributed by atoms with Crippen LogP contribution < -0.4 is 0 Å². The molecule has 58 heavy (non-hydrogen) atoms. The van der Waals surface area contributed by atoms with Crippen molar-refractivity contribution in [2.75, 3.05) is 13.2 Å². The van der Waals surface area contributed by atoms with Crippen LogP contribution in [0, 0.1) is 0 Å². The number of unbranched alkanes of at least 4 members (excludes halogenated alkanes) is 15. The minimum atomic E-state index is -0.796. The molecule has 0 saturated carbocycles. The molecule has 0 fully saturated rings. The Morgan fingerprint density at radius 2 is 0.690 bits per heavy atom. The summed E-state index contributed by atoms with van der Waals surface area (Å²) in [5, 5.41) is 9.59. The SMILES string of the molecule is CC/C=C\C/C=C\C/C=C\C/C=C\C/C=C\CCCCCCCCCCCCCCCC(=O)OC(CO)COC(=O)CCCC/C=C\C/C=C\C/C=C\C/C=C\CC. The Morgan fingerprint density at radius 1 is 0.397 bits per heavy atom. The Kier molecular flexibility index (Phi) is 45.1. The first-order valence-electron chi connectivity index (χ1n) is 23.4. The highest BCUT2D eigenvalue weighted by atomic mass is 16.6. The maximum atomic E-state index is 12.2. The van der Waals surface area contributed by atoms with Crippen LogP contribution in [-0.4, -0.2) is 36.4 Å². The highest BCUT2D eigenvalue weighted by Crippen LogP contribution is 2.14. The fraction of sp³-hybridized carbons (Fsp3) is 0.623. The summed E-state index contributed by atoms with van der Waals surface area (Å²) in [6.45, 7) is 3.86. The first kappa shape index (κ1) is 54.6. The predicted molar refractivity (Wildman–Crippen MR) is 251 cm³/mol. The van der Waals surface area contributed by atoms with E-state index in [9.17, 15) is 14.7 Å². The standard InChI is InChI=1S/C53H86O5/c1-3-5-7-9-11-13-15-17-19-20-21-22-23-24-25-26-27-28-29-30-31-32-34-36-38-40-42-44-46-48-53(56)58-51(49-54)50-57-52(55)47-45-43-41-39-37-35-33-18-16-14-12-10-8-6-4-2/h5-8,11-14,17-19,21-22,24-25,33,37,39,51,54H,3-4,9-10,15-16,20,23,26-32,34-36,38,40-50H2,1-2H3/b7-5-,8-6-,13-11-,14-12-,19-17-,22-21-,25-24-,33-18-,39-37-. The van der Waals surface area contributed by atoms with Crippen LogP contribution in [0.3, 0.4) is 0 Å². The van der Waals surface area contributed by atoms with Crippen LogP contribution in [0.1, 0.15) is 194 Å². The average Bonchev–Trinajstić information content (AvgIpc) is 3.23. The van der Waals surface area contributed by atoms with E-state index in [1.165, 1.54) is 70.6 Å². The van der Waals surface area contributed by atoms with E-state index in [0.29, 0.717) is 12.8 Å². The van der Waals surface area contributed by atoms with E-state index in [0.717, 1.165) is 96.3 Å². The number of hydrogen-bond acceptors (Lipinski definition) is 5. The number of ether oxygens (including phenoxy) is 2. The number of allylic oxidation sites excluding steroid dienone is 18. The molecule has 0 aliphatic heterocycles. The van der Waals surface area contributed by atoms with E-state index in [4.69, 9.17) is 9.47 Å². The number of aliphatic hydroxyl groups excluding tert-OH is 1. The summed E-state index contributed by atoms with van der Waals surface area (Å²) < 4.78 is 10.6. The summed E-state index contributed by atoms with van der Waals surface area (Å²) in [4.78, 5) is 24.3. The molecule has 1 atom stereocenters. The quantitative estimate of drug-likeness (QED) is 0.0379. The second-order valence-corrected chi connectivity index (χ2v) is 15.1. The van der Waals surface area contributed by atoms with Gasteiger partial charge in [-0.25, -0.2) is 0 Å². The van der Waals surface area contributed by atoms with E-state index in [-0.39, 0.29) is 25.2 Å². The fourth-order valence-corrected chi connectivity index (χ4v) is 6.10. The molecule has 1 N–H and O–H groups in total. The molecular weight excluding hydrogens is 717 g/mol. The van der Waals surface area contributed by atoms with Crippen LogP contribution in [0.2, 0.25) is 0 Å². The molecule has 0 rings (SSSR count). The third-order valence-electron chi connectivity index (χ3n) is 9.56. The zero-order valence-corrected chi connectivity index (χ0v) is 37.3. The topological polar surface area (TPSA) is 72.8 Å². The van der Waals surface area contributed by atoms with Crippen molar-refractivity contribution in [3.8, 4) is 0 Å². The van der Waals surface area contributed by atoms with Gasteiger partial charge in [-0.05, 0) is 96.3 Å². The highest BCUT2D eigenvalue weighted by Gasteiger charge is 2.16. The van der Waals surface area contributed by atoms with Crippen molar-refractivity contribution < 1.29 is 24.2 Å². The summed E-state index contributed by atoms with van der Waals surface area (Å²) in [6, 6.07) is 0. The lowest BCUT2D eigenvalue weighted by Crippen LogP contribution is -2.28. The fourth-order valence-electron chi connectivity index (χ4n) is 6.10. The number of rotatable bonds is 41. The molecule has 328 valence electrons. The van der Waals surface area contributed by atoms with E-state index >= 15 is 0 Å². The Balaban J connectivity index is 3.57. The summed E-state index contributed by atoms with van der Waals surface area (Å²) in [6.07, 6.45) is 68.9. The summed E-state index contributed by atoms with van der Waals surface area (Å²) in [7, 11) is 0. The minimum absolute atomic E-state index is 0.0935. The zero-order valence-electron chi connectivity index (χ0n) is 37.3. The normalized spacial score (nSPS) is 13.2. The number of hydrogen-bond donors (Lipinski definition) is 1. The highest BCUT2D eigenvalue weighted by molar-refractivity contribution is 5.70. The molecule has 0 aromatic carbocycles. The summed E-state index contributed by atoms with van der Waals surface area (Å²) in [5.74, 6) is -0.648. The molecule has 0 spiro atoms. The van der Waals surface area contributed by atoms with Crippen molar-refractivity contribution in [3.63, 3.8) is 0 Å². The molecule has 0 heterocycles. The number of esters is 2. The number of carbonyl (C=O) groups excluding carboxylic acids is 2. The second-order valence-electron chi connectivity index (χ2n) is 15.1. The lowest BCUT2D eigenvalue weighted by Gasteiger charge is -2.15. The van der Waals surface area contributed by atoms with Crippen molar-refractivity contribution in [3.05, 3.63) is 109 Å². The third kappa shape index (κ3) is 45.3. The zero-order chi connectivity index (χ0) is 42.1. The van der Waals surface area contributed by atoms with Crippen LogP contribution in [-0.2, 0) is 19.1 Å². The molecule has 0 amide bonds. The van der Waals surface area contributed by atoms with Gasteiger partial charge in [-0.1, -0.05) is 194 Å². The van der Waals surface area contributed by atoms with Crippen molar-refractivity contribution >= 4 is 11.9 Å². The monoisotopic (exact) mass is 803 g/mol. The molecule has 0 bridgehead atoms. The first-order valence-corrected chi connectivity index (χ1v) is 23.4. The van der Waals surface area contributed by atoms with Gasteiger partial charge in [-0.3, -0.25) is 9.59 Å². The average molecular weight is 803 g/mol. The Morgan fingerprint density at radius 3 is 1.07 bits per heavy atom. The van der Waals surface area contributed by atoms with Gasteiger partial charge in [-0.15, -0.1) is 0 Å².